The number of unbranched alkanes of at least 4 members (excludes halogenated alkanes) is 1. The highest BCUT2D eigenvalue weighted by Gasteiger charge is 2.21. The van der Waals surface area contributed by atoms with Gasteiger partial charge in [-0.1, -0.05) is 46.4 Å². The van der Waals surface area contributed by atoms with E-state index in [1.807, 2.05) is 6.92 Å². The first kappa shape index (κ1) is 64.2. The number of aliphatic hydroxyl groups excluding tert-OH is 6. The number of hydrogen-bond donors (Lipinski definition) is 6. The maximum atomic E-state index is 10.8. The van der Waals surface area contributed by atoms with Gasteiger partial charge in [0.1, 0.15) is 19.8 Å². The van der Waals surface area contributed by atoms with E-state index in [1.165, 1.54) is 13.0 Å². The van der Waals surface area contributed by atoms with Crippen LogP contribution in [0.4, 0.5) is 0 Å². The smallest absolute Gasteiger partial charge is 0.330 e. The molecule has 0 bridgehead atoms. The van der Waals surface area contributed by atoms with Gasteiger partial charge in [0, 0.05) is 62.7 Å². The lowest BCUT2D eigenvalue weighted by molar-refractivity contribution is -0.141. The fraction of sp³-hybridized carbons (Fsp3) is 0.571. The molecule has 1 aliphatic rings. The summed E-state index contributed by atoms with van der Waals surface area (Å²) in [5.41, 5.74) is 0. The predicted octanol–water partition coefficient (Wildman–Crippen LogP) is 2.39. The van der Waals surface area contributed by atoms with E-state index in [0.29, 0.717) is 57.3 Å². The summed E-state index contributed by atoms with van der Waals surface area (Å²) in [6.07, 6.45) is 12.1. The molecule has 0 radical (unpaired) electrons. The van der Waals surface area contributed by atoms with Crippen molar-refractivity contribution in [3.8, 4) is 0 Å². The number of aliphatic hydroxyl groups is 6. The van der Waals surface area contributed by atoms with Gasteiger partial charge in [0.05, 0.1) is 38.6 Å². The van der Waals surface area contributed by atoms with Gasteiger partial charge in [-0.3, -0.25) is 0 Å². The first-order valence-corrected chi connectivity index (χ1v) is 19.1. The van der Waals surface area contributed by atoms with Crippen LogP contribution in [0.1, 0.15) is 65.2 Å². The summed E-state index contributed by atoms with van der Waals surface area (Å²) >= 11 is 0. The third-order valence-electron chi connectivity index (χ3n) is 6.72. The van der Waals surface area contributed by atoms with Crippen LogP contribution >= 0.6 is 0 Å². The van der Waals surface area contributed by atoms with Crippen molar-refractivity contribution >= 4 is 35.8 Å². The van der Waals surface area contributed by atoms with Crippen LogP contribution in [0.2, 0.25) is 0 Å². The summed E-state index contributed by atoms with van der Waals surface area (Å²) in [5, 5.41) is 51.1. The average Bonchev–Trinajstić information content (AvgIpc) is 3.27. The highest BCUT2D eigenvalue weighted by atomic mass is 16.6. The van der Waals surface area contributed by atoms with E-state index in [2.05, 4.69) is 63.2 Å². The van der Waals surface area contributed by atoms with Crippen LogP contribution in [-0.4, -0.2) is 145 Å². The zero-order valence-corrected chi connectivity index (χ0v) is 35.3. The van der Waals surface area contributed by atoms with Crippen molar-refractivity contribution in [2.45, 2.75) is 77.4 Å². The number of hydrogen-bond acceptors (Lipinski definition) is 18. The van der Waals surface area contributed by atoms with Crippen LogP contribution in [0.15, 0.2) is 75.9 Å². The molecule has 0 aromatic carbocycles. The van der Waals surface area contributed by atoms with Gasteiger partial charge < -0.3 is 59.1 Å². The fourth-order valence-corrected chi connectivity index (χ4v) is 3.40. The van der Waals surface area contributed by atoms with Crippen LogP contribution in [0, 0.1) is 11.8 Å². The topological polar surface area (TPSA) is 279 Å². The van der Waals surface area contributed by atoms with Crippen molar-refractivity contribution < 1.29 is 87.8 Å². The Hall–Kier alpha value is -4.98. The molecule has 18 heteroatoms. The van der Waals surface area contributed by atoms with Crippen molar-refractivity contribution in [2.24, 2.45) is 11.8 Å². The summed E-state index contributed by atoms with van der Waals surface area (Å²) in [7, 11) is 0. The molecule has 0 aromatic heterocycles. The van der Waals surface area contributed by atoms with E-state index in [0.717, 1.165) is 56.1 Å². The largest absolute Gasteiger partial charge is 0.463 e. The third kappa shape index (κ3) is 55.1. The first-order chi connectivity index (χ1) is 28.5. The Morgan fingerprint density at radius 2 is 0.883 bits per heavy atom. The Bertz CT molecular complexity index is 1180. The number of esters is 6. The van der Waals surface area contributed by atoms with E-state index < -0.39 is 42.1 Å². The van der Waals surface area contributed by atoms with Gasteiger partial charge in [-0.15, -0.1) is 0 Å². The Morgan fingerprint density at radius 1 is 0.517 bits per heavy atom. The van der Waals surface area contributed by atoms with Crippen LogP contribution in [0.5, 0.6) is 0 Å². The summed E-state index contributed by atoms with van der Waals surface area (Å²) in [5.74, 6) is -1.75. The summed E-state index contributed by atoms with van der Waals surface area (Å²) < 4.78 is 27.4. The van der Waals surface area contributed by atoms with E-state index >= 15 is 0 Å². The minimum atomic E-state index is -0.603. The highest BCUT2D eigenvalue weighted by Crippen LogP contribution is 2.28. The number of carbonyl (C=O) groups is 6. The lowest BCUT2D eigenvalue weighted by atomic mass is 9.83. The molecule has 0 heterocycles. The average molecular weight is 863 g/mol. The Morgan fingerprint density at radius 3 is 1.25 bits per heavy atom. The Balaban J connectivity index is -0.000000204. The highest BCUT2D eigenvalue weighted by molar-refractivity contribution is 5.82. The summed E-state index contributed by atoms with van der Waals surface area (Å²) in [6.45, 7) is 24.3. The van der Waals surface area contributed by atoms with E-state index in [1.54, 1.807) is 0 Å². The zero-order chi connectivity index (χ0) is 47.0. The van der Waals surface area contributed by atoms with Gasteiger partial charge in [-0.2, -0.15) is 0 Å². The molecule has 0 aliphatic heterocycles. The van der Waals surface area contributed by atoms with Gasteiger partial charge in [0.15, 0.2) is 0 Å². The van der Waals surface area contributed by atoms with E-state index in [4.69, 9.17) is 35.4 Å². The van der Waals surface area contributed by atoms with Crippen LogP contribution in [0.25, 0.3) is 0 Å². The third-order valence-corrected chi connectivity index (χ3v) is 6.72. The molecule has 1 rings (SSSR count). The van der Waals surface area contributed by atoms with Crippen molar-refractivity contribution in [1.29, 1.82) is 0 Å². The predicted molar refractivity (Wildman–Crippen MR) is 223 cm³/mol. The van der Waals surface area contributed by atoms with Crippen LogP contribution in [0.3, 0.4) is 0 Å². The monoisotopic (exact) mass is 862 g/mol. The molecule has 0 aromatic rings. The maximum absolute atomic E-state index is 10.8. The quantitative estimate of drug-likeness (QED) is 0.0372. The first-order valence-electron chi connectivity index (χ1n) is 19.1. The van der Waals surface area contributed by atoms with Gasteiger partial charge in [-0.25, -0.2) is 28.8 Å². The second-order valence-electron chi connectivity index (χ2n) is 11.8. The van der Waals surface area contributed by atoms with Crippen molar-refractivity contribution in [3.63, 3.8) is 0 Å². The van der Waals surface area contributed by atoms with Gasteiger partial charge in [0.25, 0.3) is 0 Å². The van der Waals surface area contributed by atoms with Crippen molar-refractivity contribution in [1.82, 2.24) is 0 Å². The second kappa shape index (κ2) is 50.2. The number of ether oxygens (including phenoxy) is 6. The second-order valence-corrected chi connectivity index (χ2v) is 11.8. The standard InChI is InChI=1S/C11H18O3.2C7H12O3.2C6H10O3.C5H8O3/c1-2-11(13)14-8-10-5-3-9(7-12)4-6-10;1-3-6(8)5-10-7(9)4-2;1-2-7(9)10-6-4-3-5-8;1-3-6(8)9-4-5(2)7;1-2-6(8)9-5-3-4-7;1-2-5(7)8-4-3-6/h2,9-10,12H,1,3-8H2;4,6,8H,2-3,5H2,1H3;2,8H,1,3-6H2;3,5,7H,1,4H2,2H3;2,7H,1,3-5H2;2,6H,1,3-4H2. The zero-order valence-electron chi connectivity index (χ0n) is 35.3. The molecule has 0 amide bonds. The molecule has 2 unspecified atom stereocenters. The lowest BCUT2D eigenvalue weighted by Crippen LogP contribution is -2.21. The number of carbonyl (C=O) groups excluding carboxylic acids is 6. The van der Waals surface area contributed by atoms with Gasteiger partial charge >= 0.3 is 35.8 Å². The molecule has 1 saturated carbocycles. The Kier molecular flexibility index (Phi) is 53.7. The lowest BCUT2D eigenvalue weighted by Gasteiger charge is -2.26. The van der Waals surface area contributed by atoms with Gasteiger partial charge in [-0.05, 0) is 63.7 Å². The molecular formula is C42H70O18. The van der Waals surface area contributed by atoms with Gasteiger partial charge in [0.2, 0.25) is 0 Å². The van der Waals surface area contributed by atoms with Crippen molar-refractivity contribution in [3.05, 3.63) is 75.9 Å². The van der Waals surface area contributed by atoms with Crippen LogP contribution < -0.4 is 0 Å². The van der Waals surface area contributed by atoms with E-state index in [9.17, 15) is 28.8 Å². The Labute approximate surface area is 354 Å². The maximum Gasteiger partial charge on any atom is 0.330 e. The molecule has 0 saturated heterocycles. The normalized spacial score (nSPS) is 14.0. The molecule has 1 aliphatic carbocycles. The van der Waals surface area contributed by atoms with Crippen molar-refractivity contribution in [2.75, 3.05) is 66.1 Å². The van der Waals surface area contributed by atoms with Crippen LogP contribution in [-0.2, 0) is 57.2 Å². The molecule has 1 fully saturated rings. The molecule has 6 N–H and O–H groups in total. The summed E-state index contributed by atoms with van der Waals surface area (Å²) in [4.78, 5) is 62.2. The molecule has 18 nitrogen and oxygen atoms in total. The molecular weight excluding hydrogens is 792 g/mol. The SMILES string of the molecule is C=CC(=O)OCC(C)O.C=CC(=O)OCC(O)CC.C=CC(=O)OCC1CCC(CO)CC1.C=CC(=O)OCCCCO.C=CC(=O)OCCCO.C=CC(=O)OCCO. The molecule has 346 valence electrons. The molecule has 0 spiro atoms. The molecule has 2 atom stereocenters. The fourth-order valence-electron chi connectivity index (χ4n) is 3.40. The minimum absolute atomic E-state index is 0.0326. The minimum Gasteiger partial charge on any atom is -0.463 e. The van der Waals surface area contributed by atoms with E-state index in [-0.39, 0.29) is 52.2 Å². The molecule has 60 heavy (non-hydrogen) atoms. The number of rotatable bonds is 23. The summed E-state index contributed by atoms with van der Waals surface area (Å²) in [6, 6.07) is 0.